The largest absolute Gasteiger partial charge is 0.419 e. The van der Waals surface area contributed by atoms with Crippen LogP contribution in [-0.2, 0) is 6.54 Å². The fourth-order valence-corrected chi connectivity index (χ4v) is 3.54. The molecule has 0 saturated carbocycles. The number of piperazine rings is 1. The van der Waals surface area contributed by atoms with Crippen molar-refractivity contribution < 1.29 is 4.42 Å². The van der Waals surface area contributed by atoms with Crippen LogP contribution in [0.5, 0.6) is 0 Å². The van der Waals surface area contributed by atoms with Crippen molar-refractivity contribution in [3.8, 4) is 11.5 Å². The summed E-state index contributed by atoms with van der Waals surface area (Å²) in [5.41, 5.74) is 2.25. The molecule has 1 aliphatic rings. The van der Waals surface area contributed by atoms with Gasteiger partial charge in [0.05, 0.1) is 6.04 Å². The molecular formula is C21H23ClN4O. The number of hydrogen-bond donors (Lipinski definition) is 0. The van der Waals surface area contributed by atoms with E-state index in [0.29, 0.717) is 11.8 Å². The summed E-state index contributed by atoms with van der Waals surface area (Å²) in [6.45, 7) is 7.10. The Bertz CT molecular complexity index is 857. The molecule has 0 radical (unpaired) electrons. The first kappa shape index (κ1) is 18.2. The zero-order chi connectivity index (χ0) is 18.6. The van der Waals surface area contributed by atoms with Gasteiger partial charge in [-0.25, -0.2) is 0 Å². The molecule has 2 aromatic carbocycles. The van der Waals surface area contributed by atoms with Crippen molar-refractivity contribution in [3.05, 3.63) is 71.1 Å². The van der Waals surface area contributed by atoms with Crippen LogP contribution in [0.2, 0.25) is 5.02 Å². The van der Waals surface area contributed by atoms with E-state index in [9.17, 15) is 0 Å². The van der Waals surface area contributed by atoms with Gasteiger partial charge in [-0.05, 0) is 36.8 Å². The molecule has 1 aromatic heterocycles. The summed E-state index contributed by atoms with van der Waals surface area (Å²) < 4.78 is 5.93. The van der Waals surface area contributed by atoms with Crippen LogP contribution in [0.3, 0.4) is 0 Å². The Hall–Kier alpha value is -2.21. The topological polar surface area (TPSA) is 45.4 Å². The molecule has 1 saturated heterocycles. The van der Waals surface area contributed by atoms with Gasteiger partial charge in [0.1, 0.15) is 0 Å². The summed E-state index contributed by atoms with van der Waals surface area (Å²) >= 11 is 5.97. The van der Waals surface area contributed by atoms with Crippen LogP contribution >= 0.6 is 11.6 Å². The van der Waals surface area contributed by atoms with Crippen molar-refractivity contribution in [3.63, 3.8) is 0 Å². The van der Waals surface area contributed by atoms with Crippen molar-refractivity contribution in [2.45, 2.75) is 19.5 Å². The van der Waals surface area contributed by atoms with Crippen LogP contribution in [-0.4, -0.2) is 46.2 Å². The Morgan fingerprint density at radius 1 is 0.963 bits per heavy atom. The van der Waals surface area contributed by atoms with E-state index in [2.05, 4.69) is 39.1 Å². The third kappa shape index (κ3) is 4.38. The molecular weight excluding hydrogens is 360 g/mol. The first-order chi connectivity index (χ1) is 13.2. The van der Waals surface area contributed by atoms with Gasteiger partial charge in [0.2, 0.25) is 11.8 Å². The summed E-state index contributed by atoms with van der Waals surface area (Å²) in [6.07, 6.45) is 0. The lowest BCUT2D eigenvalue weighted by Crippen LogP contribution is -2.46. The molecule has 1 aliphatic heterocycles. The molecule has 27 heavy (non-hydrogen) atoms. The van der Waals surface area contributed by atoms with Crippen LogP contribution in [0.15, 0.2) is 59.0 Å². The second kappa shape index (κ2) is 8.21. The van der Waals surface area contributed by atoms with Crippen LogP contribution in [0, 0.1) is 0 Å². The molecule has 0 N–H and O–H groups in total. The first-order valence-corrected chi connectivity index (χ1v) is 9.66. The van der Waals surface area contributed by atoms with E-state index in [1.807, 2.05) is 42.5 Å². The van der Waals surface area contributed by atoms with Crippen molar-refractivity contribution in [1.82, 2.24) is 20.0 Å². The lowest BCUT2D eigenvalue weighted by Gasteiger charge is -2.36. The number of hydrogen-bond acceptors (Lipinski definition) is 5. The van der Waals surface area contributed by atoms with Crippen molar-refractivity contribution in [1.29, 1.82) is 0 Å². The summed E-state index contributed by atoms with van der Waals surface area (Å²) in [5.74, 6) is 1.26. The van der Waals surface area contributed by atoms with E-state index in [1.54, 1.807) is 0 Å². The molecule has 140 valence electrons. The molecule has 5 nitrogen and oxygen atoms in total. The monoisotopic (exact) mass is 382 g/mol. The van der Waals surface area contributed by atoms with Gasteiger partial charge < -0.3 is 4.42 Å². The highest BCUT2D eigenvalue weighted by molar-refractivity contribution is 6.30. The molecule has 4 rings (SSSR count). The molecule has 2 heterocycles. The summed E-state index contributed by atoms with van der Waals surface area (Å²) in [6, 6.07) is 18.1. The molecule has 6 heteroatoms. The van der Waals surface area contributed by atoms with E-state index in [-0.39, 0.29) is 6.04 Å². The third-order valence-electron chi connectivity index (χ3n) is 5.09. The standard InChI is InChI=1S/C21H23ClN4O/c1-16(20-23-24-21(27-20)18-5-3-2-4-6-18)26-13-11-25(12-14-26)15-17-7-9-19(22)10-8-17/h2-10,16H,11-15H2,1H3. The van der Waals surface area contributed by atoms with Crippen LogP contribution < -0.4 is 0 Å². The van der Waals surface area contributed by atoms with Gasteiger partial charge in [-0.3, -0.25) is 9.80 Å². The minimum atomic E-state index is 0.118. The molecule has 3 aromatic rings. The normalized spacial score (nSPS) is 17.1. The average Bonchev–Trinajstić information content (AvgIpc) is 3.21. The maximum atomic E-state index is 5.97. The van der Waals surface area contributed by atoms with Crippen LogP contribution in [0.4, 0.5) is 0 Å². The lowest BCUT2D eigenvalue weighted by molar-refractivity contribution is 0.0876. The van der Waals surface area contributed by atoms with Crippen molar-refractivity contribution >= 4 is 11.6 Å². The maximum absolute atomic E-state index is 5.97. The molecule has 1 fully saturated rings. The molecule has 1 unspecified atom stereocenters. The average molecular weight is 383 g/mol. The Morgan fingerprint density at radius 3 is 2.37 bits per heavy atom. The number of aromatic nitrogens is 2. The molecule has 1 atom stereocenters. The van der Waals surface area contributed by atoms with E-state index in [4.69, 9.17) is 16.0 Å². The number of nitrogens with zero attached hydrogens (tertiary/aromatic N) is 4. The second-order valence-corrected chi connectivity index (χ2v) is 7.36. The van der Waals surface area contributed by atoms with Gasteiger partial charge in [0, 0.05) is 43.3 Å². The van der Waals surface area contributed by atoms with Gasteiger partial charge in [0.25, 0.3) is 0 Å². The summed E-state index contributed by atoms with van der Waals surface area (Å²) in [4.78, 5) is 4.87. The van der Waals surface area contributed by atoms with Gasteiger partial charge in [-0.2, -0.15) is 0 Å². The smallest absolute Gasteiger partial charge is 0.247 e. The van der Waals surface area contributed by atoms with Crippen molar-refractivity contribution in [2.24, 2.45) is 0 Å². The predicted octanol–water partition coefficient (Wildman–Crippen LogP) is 4.27. The van der Waals surface area contributed by atoms with Gasteiger partial charge >= 0.3 is 0 Å². The summed E-state index contributed by atoms with van der Waals surface area (Å²) in [7, 11) is 0. The summed E-state index contributed by atoms with van der Waals surface area (Å²) in [5, 5.41) is 9.28. The first-order valence-electron chi connectivity index (χ1n) is 9.29. The van der Waals surface area contributed by atoms with Crippen LogP contribution in [0.1, 0.15) is 24.4 Å². The van der Waals surface area contributed by atoms with E-state index < -0.39 is 0 Å². The molecule has 0 spiro atoms. The zero-order valence-electron chi connectivity index (χ0n) is 15.4. The van der Waals surface area contributed by atoms with Gasteiger partial charge in [0.15, 0.2) is 0 Å². The highest BCUT2D eigenvalue weighted by Gasteiger charge is 2.25. The van der Waals surface area contributed by atoms with Gasteiger partial charge in [-0.1, -0.05) is 41.9 Å². The Morgan fingerprint density at radius 2 is 1.67 bits per heavy atom. The SMILES string of the molecule is CC(c1nnc(-c2ccccc2)o1)N1CCN(Cc2ccc(Cl)cc2)CC1. The molecule has 0 aliphatic carbocycles. The number of halogens is 1. The predicted molar refractivity (Wildman–Crippen MR) is 106 cm³/mol. The fourth-order valence-electron chi connectivity index (χ4n) is 3.41. The molecule has 0 bridgehead atoms. The van der Waals surface area contributed by atoms with E-state index in [0.717, 1.165) is 43.3 Å². The lowest BCUT2D eigenvalue weighted by atomic mass is 10.2. The minimum Gasteiger partial charge on any atom is -0.419 e. The van der Waals surface area contributed by atoms with E-state index >= 15 is 0 Å². The van der Waals surface area contributed by atoms with E-state index in [1.165, 1.54) is 5.56 Å². The Kier molecular flexibility index (Phi) is 5.53. The zero-order valence-corrected chi connectivity index (χ0v) is 16.1. The molecule has 0 amide bonds. The van der Waals surface area contributed by atoms with Crippen molar-refractivity contribution in [2.75, 3.05) is 26.2 Å². The highest BCUT2D eigenvalue weighted by atomic mass is 35.5. The quantitative estimate of drug-likeness (QED) is 0.659. The Balaban J connectivity index is 1.34. The third-order valence-corrected chi connectivity index (χ3v) is 5.34. The maximum Gasteiger partial charge on any atom is 0.247 e. The van der Waals surface area contributed by atoms with Crippen LogP contribution in [0.25, 0.3) is 11.5 Å². The fraction of sp³-hybridized carbons (Fsp3) is 0.333. The minimum absolute atomic E-state index is 0.118. The second-order valence-electron chi connectivity index (χ2n) is 6.93. The Labute approximate surface area is 164 Å². The number of rotatable bonds is 5. The number of benzene rings is 2. The highest BCUT2D eigenvalue weighted by Crippen LogP contribution is 2.25. The van der Waals surface area contributed by atoms with Gasteiger partial charge in [-0.15, -0.1) is 10.2 Å².